The molecule has 0 aliphatic heterocycles. The number of rotatable bonds is 6. The van der Waals surface area contributed by atoms with Crippen molar-refractivity contribution in [1.29, 1.82) is 0 Å². The standard InChI is InChI=1S/C12H11ClN2O5S/c13-21(18,19)9-1-2-11(10(7-9)12(16)17)20-6-5-15-4-3-14-8-15/h1-4,7-8H,5-6H2,(H,16,17). The molecule has 21 heavy (non-hydrogen) atoms. The van der Waals surface area contributed by atoms with Crippen LogP contribution in [0.1, 0.15) is 10.4 Å². The molecule has 112 valence electrons. The average Bonchev–Trinajstić information content (AvgIpc) is 2.90. The summed E-state index contributed by atoms with van der Waals surface area (Å²) < 4.78 is 29.6. The summed E-state index contributed by atoms with van der Waals surface area (Å²) in [4.78, 5) is 14.7. The molecule has 7 nitrogen and oxygen atoms in total. The summed E-state index contributed by atoms with van der Waals surface area (Å²) >= 11 is 0. The highest BCUT2D eigenvalue weighted by atomic mass is 35.7. The largest absolute Gasteiger partial charge is 0.491 e. The van der Waals surface area contributed by atoms with Crippen molar-refractivity contribution in [3.63, 3.8) is 0 Å². The molecule has 2 aromatic rings. The highest BCUT2D eigenvalue weighted by molar-refractivity contribution is 8.13. The Kier molecular flexibility index (Phi) is 4.49. The van der Waals surface area contributed by atoms with Crippen LogP contribution < -0.4 is 4.74 Å². The molecular formula is C12H11ClN2O5S. The van der Waals surface area contributed by atoms with Crippen molar-refractivity contribution in [1.82, 2.24) is 9.55 Å². The smallest absolute Gasteiger partial charge is 0.339 e. The van der Waals surface area contributed by atoms with E-state index in [1.165, 1.54) is 12.1 Å². The lowest BCUT2D eigenvalue weighted by Crippen LogP contribution is -2.10. The SMILES string of the molecule is O=C(O)c1cc(S(=O)(=O)Cl)ccc1OCCn1ccnc1. The molecule has 0 saturated carbocycles. The molecule has 0 aliphatic carbocycles. The van der Waals surface area contributed by atoms with E-state index in [9.17, 15) is 13.2 Å². The number of carboxylic acid groups (broad SMARTS) is 1. The molecule has 0 spiro atoms. The minimum atomic E-state index is -3.99. The van der Waals surface area contributed by atoms with Crippen molar-refractivity contribution in [2.45, 2.75) is 11.4 Å². The third-order valence-corrected chi connectivity index (χ3v) is 3.98. The van der Waals surface area contributed by atoms with E-state index in [0.717, 1.165) is 6.07 Å². The number of carboxylic acids is 1. The minimum absolute atomic E-state index is 0.0756. The number of carbonyl (C=O) groups is 1. The maximum Gasteiger partial charge on any atom is 0.339 e. The van der Waals surface area contributed by atoms with Gasteiger partial charge < -0.3 is 14.4 Å². The van der Waals surface area contributed by atoms with E-state index in [2.05, 4.69) is 4.98 Å². The Labute approximate surface area is 125 Å². The summed E-state index contributed by atoms with van der Waals surface area (Å²) in [5.41, 5.74) is -0.262. The third-order valence-electron chi connectivity index (χ3n) is 2.63. The van der Waals surface area contributed by atoms with Gasteiger partial charge in [0, 0.05) is 23.1 Å². The fourth-order valence-corrected chi connectivity index (χ4v) is 2.41. The molecule has 0 aliphatic rings. The number of hydrogen-bond donors (Lipinski definition) is 1. The van der Waals surface area contributed by atoms with Gasteiger partial charge in [0.15, 0.2) is 0 Å². The lowest BCUT2D eigenvalue weighted by molar-refractivity contribution is 0.0691. The van der Waals surface area contributed by atoms with Crippen LogP contribution in [0.25, 0.3) is 0 Å². The summed E-state index contributed by atoms with van der Waals surface area (Å²) in [6, 6.07) is 3.44. The van der Waals surface area contributed by atoms with Gasteiger partial charge in [-0.15, -0.1) is 0 Å². The second-order valence-corrected chi connectivity index (χ2v) is 6.62. The molecule has 0 amide bonds. The van der Waals surface area contributed by atoms with Crippen LogP contribution >= 0.6 is 10.7 Å². The van der Waals surface area contributed by atoms with Gasteiger partial charge in [-0.2, -0.15) is 0 Å². The lowest BCUT2D eigenvalue weighted by Gasteiger charge is -2.10. The van der Waals surface area contributed by atoms with Gasteiger partial charge in [0.25, 0.3) is 9.05 Å². The Hall–Kier alpha value is -2.06. The lowest BCUT2D eigenvalue weighted by atomic mass is 10.2. The second-order valence-electron chi connectivity index (χ2n) is 4.05. The summed E-state index contributed by atoms with van der Waals surface area (Å²) in [7, 11) is 1.20. The van der Waals surface area contributed by atoms with Crippen molar-refractivity contribution < 1.29 is 23.1 Å². The number of imidazole rings is 1. The Morgan fingerprint density at radius 1 is 1.43 bits per heavy atom. The van der Waals surface area contributed by atoms with Crippen molar-refractivity contribution in [3.8, 4) is 5.75 Å². The molecule has 9 heteroatoms. The van der Waals surface area contributed by atoms with E-state index < -0.39 is 15.0 Å². The molecule has 1 aromatic heterocycles. The molecule has 0 fully saturated rings. The molecule has 1 N–H and O–H groups in total. The Bertz CT molecular complexity index is 743. The summed E-state index contributed by atoms with van der Waals surface area (Å²) in [6.45, 7) is 0.693. The first-order valence-corrected chi connectivity index (χ1v) is 8.09. The van der Waals surface area contributed by atoms with Gasteiger partial charge in [0.05, 0.1) is 17.8 Å². The maximum atomic E-state index is 11.2. The zero-order valence-corrected chi connectivity index (χ0v) is 12.2. The van der Waals surface area contributed by atoms with Crippen LogP contribution in [0.15, 0.2) is 41.8 Å². The molecule has 0 saturated heterocycles. The van der Waals surface area contributed by atoms with Gasteiger partial charge in [0.2, 0.25) is 0 Å². The Morgan fingerprint density at radius 3 is 2.76 bits per heavy atom. The van der Waals surface area contributed by atoms with Crippen molar-refractivity contribution in [2.24, 2.45) is 0 Å². The van der Waals surface area contributed by atoms with Crippen LogP contribution in [0, 0.1) is 0 Å². The first-order valence-electron chi connectivity index (χ1n) is 5.78. The predicted molar refractivity (Wildman–Crippen MR) is 74.2 cm³/mol. The van der Waals surface area contributed by atoms with Gasteiger partial charge >= 0.3 is 5.97 Å². The number of halogens is 1. The first kappa shape index (κ1) is 15.3. The van der Waals surface area contributed by atoms with Crippen LogP contribution in [0.5, 0.6) is 5.75 Å². The third kappa shape index (κ3) is 3.96. The summed E-state index contributed by atoms with van der Waals surface area (Å²) in [6.07, 6.45) is 4.96. The second kappa shape index (κ2) is 6.15. The molecule has 2 rings (SSSR count). The van der Waals surface area contributed by atoms with E-state index in [-0.39, 0.29) is 22.8 Å². The topological polar surface area (TPSA) is 98.5 Å². The highest BCUT2D eigenvalue weighted by Gasteiger charge is 2.17. The van der Waals surface area contributed by atoms with Crippen LogP contribution in [0.3, 0.4) is 0 Å². The van der Waals surface area contributed by atoms with Gasteiger partial charge in [-0.25, -0.2) is 18.2 Å². The molecule has 0 bridgehead atoms. The molecule has 1 aromatic carbocycles. The van der Waals surface area contributed by atoms with Gasteiger partial charge in [0.1, 0.15) is 17.9 Å². The molecular weight excluding hydrogens is 320 g/mol. The normalized spacial score (nSPS) is 11.3. The van der Waals surface area contributed by atoms with Crippen molar-refractivity contribution in [2.75, 3.05) is 6.61 Å². The van der Waals surface area contributed by atoms with Crippen LogP contribution in [0.4, 0.5) is 0 Å². The van der Waals surface area contributed by atoms with Crippen molar-refractivity contribution >= 4 is 25.7 Å². The van der Waals surface area contributed by atoms with Crippen LogP contribution in [-0.2, 0) is 15.6 Å². The number of aromatic carboxylic acids is 1. The fraction of sp³-hybridized carbons (Fsp3) is 0.167. The van der Waals surface area contributed by atoms with Crippen molar-refractivity contribution in [3.05, 3.63) is 42.5 Å². The number of ether oxygens (including phenoxy) is 1. The molecule has 0 radical (unpaired) electrons. The van der Waals surface area contributed by atoms with E-state index >= 15 is 0 Å². The van der Waals surface area contributed by atoms with Gasteiger partial charge in [-0.05, 0) is 18.2 Å². The van der Waals surface area contributed by atoms with Gasteiger partial charge in [-0.3, -0.25) is 0 Å². The highest BCUT2D eigenvalue weighted by Crippen LogP contribution is 2.24. The average molecular weight is 331 g/mol. The first-order chi connectivity index (χ1) is 9.88. The summed E-state index contributed by atoms with van der Waals surface area (Å²) in [5, 5.41) is 9.11. The maximum absolute atomic E-state index is 11.2. The zero-order chi connectivity index (χ0) is 15.5. The fourth-order valence-electron chi connectivity index (χ4n) is 1.63. The monoisotopic (exact) mass is 330 g/mol. The molecule has 1 heterocycles. The predicted octanol–water partition coefficient (Wildman–Crippen LogP) is 1.59. The summed E-state index contributed by atoms with van der Waals surface area (Å²) in [5.74, 6) is -1.22. The number of hydrogen-bond acceptors (Lipinski definition) is 5. The van der Waals surface area contributed by atoms with Gasteiger partial charge in [-0.1, -0.05) is 0 Å². The quantitative estimate of drug-likeness (QED) is 0.807. The zero-order valence-electron chi connectivity index (χ0n) is 10.6. The number of aromatic nitrogens is 2. The van der Waals surface area contributed by atoms with E-state index in [4.69, 9.17) is 20.5 Å². The number of nitrogens with zero attached hydrogens (tertiary/aromatic N) is 2. The van der Waals surface area contributed by atoms with E-state index in [1.807, 2.05) is 0 Å². The molecule has 0 unspecified atom stereocenters. The van der Waals surface area contributed by atoms with E-state index in [1.54, 1.807) is 23.3 Å². The van der Waals surface area contributed by atoms with Crippen LogP contribution in [-0.4, -0.2) is 35.7 Å². The minimum Gasteiger partial charge on any atom is -0.491 e. The Balaban J connectivity index is 2.17. The van der Waals surface area contributed by atoms with E-state index in [0.29, 0.717) is 6.54 Å². The van der Waals surface area contributed by atoms with Crippen LogP contribution in [0.2, 0.25) is 0 Å². The number of benzene rings is 1. The molecule has 0 atom stereocenters. The Morgan fingerprint density at radius 2 is 2.19 bits per heavy atom.